The molecule has 2 aromatic carbocycles. The van der Waals surface area contributed by atoms with Gasteiger partial charge in [-0.15, -0.1) is 0 Å². The number of para-hydroxylation sites is 1. The van der Waals surface area contributed by atoms with E-state index in [4.69, 9.17) is 0 Å². The highest BCUT2D eigenvalue weighted by molar-refractivity contribution is 5.59. The molecule has 0 fully saturated rings. The second kappa shape index (κ2) is 4.06. The van der Waals surface area contributed by atoms with Gasteiger partial charge in [0.25, 0.3) is 0 Å². The van der Waals surface area contributed by atoms with Gasteiger partial charge in [0.1, 0.15) is 6.67 Å². The minimum absolute atomic E-state index is 0.695. The highest BCUT2D eigenvalue weighted by Crippen LogP contribution is 2.16. The van der Waals surface area contributed by atoms with Crippen molar-refractivity contribution in [2.24, 2.45) is 4.99 Å². The third-order valence-electron chi connectivity index (χ3n) is 2.96. The van der Waals surface area contributed by atoms with E-state index in [-0.39, 0.29) is 0 Å². The van der Waals surface area contributed by atoms with E-state index in [1.54, 1.807) is 0 Å². The maximum absolute atomic E-state index is 4.58. The fraction of sp³-hybridized carbons (Fsp3) is 0.133. The molecule has 2 aromatic rings. The van der Waals surface area contributed by atoms with E-state index >= 15 is 0 Å². The molecule has 0 aliphatic carbocycles. The minimum atomic E-state index is 0.695. The molecule has 0 unspecified atom stereocenters. The number of hydrogen-bond acceptors (Lipinski definition) is 2. The summed E-state index contributed by atoms with van der Waals surface area (Å²) in [7, 11) is 0. The zero-order valence-electron chi connectivity index (χ0n) is 9.80. The summed E-state index contributed by atoms with van der Waals surface area (Å²) in [6.45, 7) is 2.80. The lowest BCUT2D eigenvalue weighted by molar-refractivity contribution is 0.938. The predicted molar refractivity (Wildman–Crippen MR) is 70.2 cm³/mol. The van der Waals surface area contributed by atoms with Gasteiger partial charge in [0, 0.05) is 17.1 Å². The topological polar surface area (TPSA) is 15.6 Å². The van der Waals surface area contributed by atoms with Gasteiger partial charge in [-0.1, -0.05) is 30.3 Å². The number of aryl methyl sites for hydroxylation is 1. The molecule has 0 atom stereocenters. The summed E-state index contributed by atoms with van der Waals surface area (Å²) in [5.74, 6) is 0. The summed E-state index contributed by atoms with van der Waals surface area (Å²) in [6.07, 6.45) is 2.16. The van der Waals surface area contributed by atoms with Crippen molar-refractivity contribution >= 4 is 11.9 Å². The third-order valence-corrected chi connectivity index (χ3v) is 2.96. The molecule has 0 bridgehead atoms. The first kappa shape index (κ1) is 10.1. The Balaban J connectivity index is 2.07. The van der Waals surface area contributed by atoms with Gasteiger partial charge >= 0.3 is 0 Å². The van der Waals surface area contributed by atoms with Crippen LogP contribution in [-0.4, -0.2) is 6.67 Å². The molecule has 0 amide bonds. The monoisotopic (exact) mass is 222 g/mol. The van der Waals surface area contributed by atoms with Crippen molar-refractivity contribution in [1.29, 1.82) is 0 Å². The van der Waals surface area contributed by atoms with Crippen LogP contribution in [0.1, 0.15) is 5.56 Å². The maximum atomic E-state index is 4.58. The predicted octanol–water partition coefficient (Wildman–Crippen LogP) is 1.83. The number of benzene rings is 2. The van der Waals surface area contributed by atoms with Crippen LogP contribution in [0, 0.1) is 6.92 Å². The van der Waals surface area contributed by atoms with Gasteiger partial charge in [0.05, 0.1) is 5.36 Å². The Morgan fingerprint density at radius 2 is 1.94 bits per heavy atom. The van der Waals surface area contributed by atoms with Crippen molar-refractivity contribution in [3.8, 4) is 0 Å². The van der Waals surface area contributed by atoms with Crippen molar-refractivity contribution in [3.05, 3.63) is 64.7 Å². The van der Waals surface area contributed by atoms with E-state index in [1.807, 2.05) is 12.1 Å². The van der Waals surface area contributed by atoms with Gasteiger partial charge in [-0.05, 0) is 30.7 Å². The van der Waals surface area contributed by atoms with Crippen LogP contribution in [0.15, 0.2) is 53.5 Å². The molecule has 2 nitrogen and oxygen atoms in total. The second-order valence-corrected chi connectivity index (χ2v) is 4.30. The Hall–Kier alpha value is -2.09. The fourth-order valence-corrected chi connectivity index (χ4v) is 2.06. The summed E-state index contributed by atoms with van der Waals surface area (Å²) in [5.41, 5.74) is 2.47. The van der Waals surface area contributed by atoms with Gasteiger partial charge in [-0.25, -0.2) is 0 Å². The Morgan fingerprint density at radius 1 is 1.06 bits per heavy atom. The number of anilines is 1. The number of rotatable bonds is 1. The molecule has 17 heavy (non-hydrogen) atoms. The highest BCUT2D eigenvalue weighted by Gasteiger charge is 2.05. The van der Waals surface area contributed by atoms with Crippen LogP contribution in [0.3, 0.4) is 0 Å². The molecular weight excluding hydrogens is 208 g/mol. The number of hydrogen-bond donors (Lipinski definition) is 0. The fourth-order valence-electron chi connectivity index (χ4n) is 2.06. The van der Waals surface area contributed by atoms with Gasteiger partial charge in [-0.2, -0.15) is 0 Å². The number of fused-ring (bicyclic) bond motifs is 1. The molecule has 0 saturated heterocycles. The lowest BCUT2D eigenvalue weighted by atomic mass is 10.2. The summed E-state index contributed by atoms with van der Waals surface area (Å²) in [6, 6.07) is 16.7. The molecule has 1 aliphatic heterocycles. The first-order chi connectivity index (χ1) is 8.33. The average molecular weight is 222 g/mol. The van der Waals surface area contributed by atoms with E-state index in [9.17, 15) is 0 Å². The Bertz CT molecular complexity index is 659. The van der Waals surface area contributed by atoms with Gasteiger partial charge in [-0.3, -0.25) is 4.99 Å². The Morgan fingerprint density at radius 3 is 2.82 bits per heavy atom. The van der Waals surface area contributed by atoms with E-state index in [2.05, 4.69) is 59.4 Å². The molecule has 1 aliphatic rings. The minimum Gasteiger partial charge on any atom is -0.327 e. The van der Waals surface area contributed by atoms with Gasteiger partial charge < -0.3 is 4.90 Å². The van der Waals surface area contributed by atoms with Crippen molar-refractivity contribution in [1.82, 2.24) is 0 Å². The number of nitrogens with zero attached hydrogens (tertiary/aromatic N) is 2. The largest absolute Gasteiger partial charge is 0.327 e. The molecule has 1 heterocycles. The van der Waals surface area contributed by atoms with Crippen molar-refractivity contribution in [2.45, 2.75) is 6.92 Å². The van der Waals surface area contributed by atoms with Crippen molar-refractivity contribution in [2.75, 3.05) is 11.6 Å². The van der Waals surface area contributed by atoms with Crippen LogP contribution in [0.4, 0.5) is 5.69 Å². The lowest BCUT2D eigenvalue weighted by Gasteiger charge is -2.21. The van der Waals surface area contributed by atoms with Crippen LogP contribution >= 0.6 is 0 Å². The zero-order chi connectivity index (χ0) is 11.7. The summed E-state index contributed by atoms with van der Waals surface area (Å²) >= 11 is 0. The van der Waals surface area contributed by atoms with Crippen LogP contribution in [0.5, 0.6) is 0 Å². The zero-order valence-corrected chi connectivity index (χ0v) is 9.80. The summed E-state index contributed by atoms with van der Waals surface area (Å²) in [5, 5.41) is 2.26. The van der Waals surface area contributed by atoms with Crippen LogP contribution in [-0.2, 0) is 0 Å². The molecule has 0 saturated carbocycles. The highest BCUT2D eigenvalue weighted by atomic mass is 15.2. The van der Waals surface area contributed by atoms with E-state index in [1.165, 1.54) is 16.5 Å². The summed E-state index contributed by atoms with van der Waals surface area (Å²) in [4.78, 5) is 6.75. The molecule has 0 spiro atoms. The van der Waals surface area contributed by atoms with Gasteiger partial charge in [0.15, 0.2) is 0 Å². The smallest absolute Gasteiger partial charge is 0.115 e. The average Bonchev–Trinajstić information content (AvgIpc) is 2.38. The Kier molecular flexibility index (Phi) is 2.41. The van der Waals surface area contributed by atoms with Crippen molar-refractivity contribution in [3.63, 3.8) is 0 Å². The molecule has 3 rings (SSSR count). The van der Waals surface area contributed by atoms with Crippen LogP contribution in [0.25, 0.3) is 6.20 Å². The molecular formula is C15H14N2. The normalized spacial score (nSPS) is 13.6. The third kappa shape index (κ3) is 1.94. The quantitative estimate of drug-likeness (QED) is 0.718. The van der Waals surface area contributed by atoms with Crippen LogP contribution in [0.2, 0.25) is 0 Å². The van der Waals surface area contributed by atoms with E-state index in [0.29, 0.717) is 6.67 Å². The molecule has 84 valence electrons. The Labute approximate surface area is 101 Å². The standard InChI is InChI=1S/C15H14N2/c1-12-5-4-7-14(9-12)17-10-13-6-2-3-8-15(13)16-11-17/h2-10H,11H2,1H3. The van der Waals surface area contributed by atoms with E-state index < -0.39 is 0 Å². The van der Waals surface area contributed by atoms with Crippen LogP contribution < -0.4 is 15.5 Å². The molecule has 0 N–H and O–H groups in total. The summed E-state index contributed by atoms with van der Waals surface area (Å²) < 4.78 is 0. The lowest BCUT2D eigenvalue weighted by Crippen LogP contribution is -2.35. The SMILES string of the molecule is Cc1cccc(N2C=c3ccccc3=NC2)c1. The molecule has 2 heteroatoms. The molecule has 0 radical (unpaired) electrons. The van der Waals surface area contributed by atoms with E-state index in [0.717, 1.165) is 5.36 Å². The van der Waals surface area contributed by atoms with Gasteiger partial charge in [0.2, 0.25) is 0 Å². The maximum Gasteiger partial charge on any atom is 0.115 e. The second-order valence-electron chi connectivity index (χ2n) is 4.30. The van der Waals surface area contributed by atoms with Crippen molar-refractivity contribution < 1.29 is 0 Å². The first-order valence-electron chi connectivity index (χ1n) is 5.78. The first-order valence-corrected chi connectivity index (χ1v) is 5.78. The molecule has 0 aromatic heterocycles.